The number of benzene rings is 1. The molecule has 0 aliphatic carbocycles. The van der Waals surface area contributed by atoms with E-state index < -0.39 is 23.1 Å². The molecular weight excluding hydrogens is 378 g/mol. The number of amides is 1. The molecule has 3 rings (SSSR count). The molecule has 0 unspecified atom stereocenters. The first-order valence-corrected chi connectivity index (χ1v) is 9.43. The number of carbonyl (C=O) groups is 1. The van der Waals surface area contributed by atoms with Crippen molar-refractivity contribution < 1.29 is 23.3 Å². The molecule has 1 aliphatic rings. The number of aromatic nitrogens is 3. The standard InChI is InChI=1S/C19H26BFN4O4/c1-18(2,27-5)19(3,4)29-20-15-7-6-13(10-16(15)21)25-12-14(28-17(25)26)11-24-9-8-22-23-24/h6-10,14,20H,11-12H2,1-5H3/t14-/m0/s1. The van der Waals surface area contributed by atoms with Gasteiger partial charge in [-0.05, 0) is 45.3 Å². The number of rotatable bonds is 8. The summed E-state index contributed by atoms with van der Waals surface area (Å²) in [5.74, 6) is -0.443. The molecule has 0 saturated carbocycles. The number of ether oxygens (including phenoxy) is 2. The van der Waals surface area contributed by atoms with Gasteiger partial charge in [0.05, 0.1) is 36.2 Å². The van der Waals surface area contributed by atoms with Gasteiger partial charge in [-0.1, -0.05) is 11.3 Å². The molecule has 1 saturated heterocycles. The van der Waals surface area contributed by atoms with E-state index in [2.05, 4.69) is 10.3 Å². The van der Waals surface area contributed by atoms with Crippen molar-refractivity contribution >= 4 is 24.7 Å². The number of cyclic esters (lactones) is 1. The molecule has 1 aromatic heterocycles. The Balaban J connectivity index is 1.65. The smallest absolute Gasteiger partial charge is 0.414 e. The molecular formula is C19H26BFN4O4. The lowest BCUT2D eigenvalue weighted by Crippen LogP contribution is -2.50. The van der Waals surface area contributed by atoms with Crippen LogP contribution in [0.3, 0.4) is 0 Å². The molecule has 1 atom stereocenters. The molecule has 2 heterocycles. The second-order valence-electron chi connectivity index (χ2n) is 8.03. The second kappa shape index (κ2) is 8.12. The first-order valence-electron chi connectivity index (χ1n) is 9.43. The van der Waals surface area contributed by atoms with Crippen molar-refractivity contribution in [2.24, 2.45) is 0 Å². The maximum Gasteiger partial charge on any atom is 0.414 e. The highest BCUT2D eigenvalue weighted by Crippen LogP contribution is 2.28. The number of hydrogen-bond donors (Lipinski definition) is 0. The lowest BCUT2D eigenvalue weighted by atomic mass is 9.82. The van der Waals surface area contributed by atoms with Crippen LogP contribution in [0.4, 0.5) is 14.9 Å². The lowest BCUT2D eigenvalue weighted by Gasteiger charge is -2.40. The maximum atomic E-state index is 14.7. The molecule has 1 aromatic carbocycles. The molecule has 1 fully saturated rings. The predicted molar refractivity (Wildman–Crippen MR) is 107 cm³/mol. The Morgan fingerprint density at radius 1 is 1.31 bits per heavy atom. The van der Waals surface area contributed by atoms with Gasteiger partial charge in [-0.2, -0.15) is 0 Å². The Morgan fingerprint density at radius 2 is 2.07 bits per heavy atom. The lowest BCUT2D eigenvalue weighted by molar-refractivity contribution is -0.114. The van der Waals surface area contributed by atoms with Gasteiger partial charge in [-0.15, -0.1) is 5.10 Å². The Hall–Kier alpha value is -2.46. The first-order chi connectivity index (χ1) is 13.6. The molecule has 0 radical (unpaired) electrons. The van der Waals surface area contributed by atoms with Crippen LogP contribution in [0.25, 0.3) is 0 Å². The molecule has 8 nitrogen and oxygen atoms in total. The fourth-order valence-corrected chi connectivity index (χ4v) is 2.87. The van der Waals surface area contributed by atoms with Crippen molar-refractivity contribution in [1.82, 2.24) is 15.0 Å². The number of hydrogen-bond acceptors (Lipinski definition) is 6. The van der Waals surface area contributed by atoms with Gasteiger partial charge < -0.3 is 14.1 Å². The third kappa shape index (κ3) is 4.59. The Morgan fingerprint density at radius 3 is 2.69 bits per heavy atom. The zero-order chi connectivity index (χ0) is 21.2. The van der Waals surface area contributed by atoms with E-state index in [1.807, 2.05) is 27.7 Å². The van der Waals surface area contributed by atoms with E-state index in [1.165, 1.54) is 11.0 Å². The van der Waals surface area contributed by atoms with E-state index in [0.717, 1.165) is 0 Å². The van der Waals surface area contributed by atoms with Crippen LogP contribution in [0.2, 0.25) is 0 Å². The van der Waals surface area contributed by atoms with Crippen LogP contribution in [0.15, 0.2) is 30.6 Å². The summed E-state index contributed by atoms with van der Waals surface area (Å²) in [6, 6.07) is 4.64. The molecule has 0 bridgehead atoms. The van der Waals surface area contributed by atoms with Crippen LogP contribution < -0.4 is 10.4 Å². The summed E-state index contributed by atoms with van der Waals surface area (Å²) >= 11 is 0. The molecule has 1 amide bonds. The highest BCUT2D eigenvalue weighted by molar-refractivity contribution is 6.47. The maximum absolute atomic E-state index is 14.7. The predicted octanol–water partition coefficient (Wildman–Crippen LogP) is 1.64. The van der Waals surface area contributed by atoms with E-state index in [1.54, 1.807) is 36.3 Å². The Bertz CT molecular complexity index is 860. The van der Waals surface area contributed by atoms with E-state index >= 15 is 0 Å². The number of methoxy groups -OCH3 is 1. The number of nitrogens with zero attached hydrogens (tertiary/aromatic N) is 4. The van der Waals surface area contributed by atoms with Gasteiger partial charge in [-0.25, -0.2) is 13.9 Å². The summed E-state index contributed by atoms with van der Waals surface area (Å²) in [6.07, 6.45) is 2.35. The van der Waals surface area contributed by atoms with Crippen LogP contribution >= 0.6 is 0 Å². The van der Waals surface area contributed by atoms with E-state index in [0.29, 0.717) is 24.2 Å². The largest absolute Gasteiger partial charge is 0.442 e. The van der Waals surface area contributed by atoms with Gasteiger partial charge in [-0.3, -0.25) is 4.90 Å². The molecule has 0 spiro atoms. The number of anilines is 1. The first kappa shape index (κ1) is 21.3. The topological polar surface area (TPSA) is 78.7 Å². The van der Waals surface area contributed by atoms with Gasteiger partial charge in [0.1, 0.15) is 11.9 Å². The van der Waals surface area contributed by atoms with Crippen LogP contribution in [-0.2, 0) is 20.7 Å². The average Bonchev–Trinajstić information content (AvgIpc) is 3.30. The molecule has 0 N–H and O–H groups in total. The van der Waals surface area contributed by atoms with Gasteiger partial charge in [0, 0.05) is 13.3 Å². The highest BCUT2D eigenvalue weighted by atomic mass is 19.1. The van der Waals surface area contributed by atoms with E-state index in [-0.39, 0.29) is 13.6 Å². The highest BCUT2D eigenvalue weighted by Gasteiger charge is 2.38. The van der Waals surface area contributed by atoms with Crippen LogP contribution in [0.5, 0.6) is 0 Å². The van der Waals surface area contributed by atoms with Crippen LogP contribution in [-0.4, -0.2) is 59.5 Å². The number of carbonyl (C=O) groups excluding carboxylic acids is 1. The summed E-state index contributed by atoms with van der Waals surface area (Å²) in [5.41, 5.74) is -0.323. The van der Waals surface area contributed by atoms with Crippen molar-refractivity contribution in [3.05, 3.63) is 36.4 Å². The second-order valence-corrected chi connectivity index (χ2v) is 8.03. The molecule has 2 aromatic rings. The Labute approximate surface area is 170 Å². The van der Waals surface area contributed by atoms with Gasteiger partial charge in [0.25, 0.3) is 0 Å². The molecule has 10 heteroatoms. The molecule has 156 valence electrons. The quantitative estimate of drug-likeness (QED) is 0.623. The molecule has 29 heavy (non-hydrogen) atoms. The van der Waals surface area contributed by atoms with Crippen LogP contribution in [0, 0.1) is 5.82 Å². The van der Waals surface area contributed by atoms with Crippen molar-refractivity contribution in [2.45, 2.75) is 51.5 Å². The van der Waals surface area contributed by atoms with E-state index in [9.17, 15) is 9.18 Å². The minimum Gasteiger partial charge on any atom is -0.442 e. The summed E-state index contributed by atoms with van der Waals surface area (Å²) in [6.45, 7) is 8.34. The normalized spacial score (nSPS) is 17.5. The third-order valence-electron chi connectivity index (χ3n) is 5.63. The van der Waals surface area contributed by atoms with Gasteiger partial charge in [0.2, 0.25) is 0 Å². The van der Waals surface area contributed by atoms with Gasteiger partial charge in [0.15, 0.2) is 0 Å². The zero-order valence-electron chi connectivity index (χ0n) is 17.4. The van der Waals surface area contributed by atoms with Crippen molar-refractivity contribution in [2.75, 3.05) is 18.6 Å². The van der Waals surface area contributed by atoms with Crippen molar-refractivity contribution in [3.8, 4) is 0 Å². The van der Waals surface area contributed by atoms with Crippen molar-refractivity contribution in [3.63, 3.8) is 0 Å². The third-order valence-corrected chi connectivity index (χ3v) is 5.63. The minimum absolute atomic E-state index is 0.0886. The molecule has 1 aliphatic heterocycles. The summed E-state index contributed by atoms with van der Waals surface area (Å²) in [5, 5.41) is 7.59. The monoisotopic (exact) mass is 404 g/mol. The fourth-order valence-electron chi connectivity index (χ4n) is 2.87. The van der Waals surface area contributed by atoms with Crippen LogP contribution in [0.1, 0.15) is 27.7 Å². The fraction of sp³-hybridized carbons (Fsp3) is 0.526. The summed E-state index contributed by atoms with van der Waals surface area (Å²) in [4.78, 5) is 13.6. The van der Waals surface area contributed by atoms with Gasteiger partial charge >= 0.3 is 13.6 Å². The van der Waals surface area contributed by atoms with Crippen molar-refractivity contribution in [1.29, 1.82) is 0 Å². The number of halogens is 1. The Kier molecular flexibility index (Phi) is 5.95. The summed E-state index contributed by atoms with van der Waals surface area (Å²) in [7, 11) is 1.71. The SMILES string of the molecule is COC(C)(C)C(C)(C)OBc1ccc(N2C[C@H](Cn3ccnn3)OC2=O)cc1F. The minimum atomic E-state index is -0.625. The summed E-state index contributed by atoms with van der Waals surface area (Å²) < 4.78 is 33.0. The zero-order valence-corrected chi connectivity index (χ0v) is 17.4. The average molecular weight is 404 g/mol. The van der Waals surface area contributed by atoms with E-state index in [4.69, 9.17) is 14.1 Å².